The largest absolute Gasteiger partial charge is 0.461 e. The zero-order chi connectivity index (χ0) is 22.5. The summed E-state index contributed by atoms with van der Waals surface area (Å²) in [5.74, 6) is -5.78. The van der Waals surface area contributed by atoms with Gasteiger partial charge < -0.3 is 9.47 Å². The van der Waals surface area contributed by atoms with Gasteiger partial charge in [0.2, 0.25) is 0 Å². The van der Waals surface area contributed by atoms with Gasteiger partial charge in [0.25, 0.3) is 0 Å². The third kappa shape index (κ3) is 6.91. The molecular formula is C20H24F8O2. The Kier molecular flexibility index (Phi) is 8.21. The highest BCUT2D eigenvalue weighted by Gasteiger charge is 2.45. The van der Waals surface area contributed by atoms with Crippen LogP contribution in [0.4, 0.5) is 35.1 Å². The van der Waals surface area contributed by atoms with E-state index in [1.165, 1.54) is 0 Å². The van der Waals surface area contributed by atoms with Crippen LogP contribution >= 0.6 is 0 Å². The summed E-state index contributed by atoms with van der Waals surface area (Å²) in [6, 6.07) is 0.369. The van der Waals surface area contributed by atoms with Crippen molar-refractivity contribution in [2.75, 3.05) is 0 Å². The maximum Gasteiger partial charge on any atom is 0.461 e. The molecule has 30 heavy (non-hydrogen) atoms. The fourth-order valence-electron chi connectivity index (χ4n) is 3.69. The summed E-state index contributed by atoms with van der Waals surface area (Å²) < 4.78 is 113. The number of hydrogen-bond acceptors (Lipinski definition) is 2. The Bertz CT molecular complexity index is 664. The molecule has 1 aliphatic carbocycles. The van der Waals surface area contributed by atoms with E-state index in [2.05, 4.69) is 16.4 Å². The van der Waals surface area contributed by atoms with E-state index >= 15 is 0 Å². The first kappa shape index (κ1) is 24.5. The summed E-state index contributed by atoms with van der Waals surface area (Å²) in [5, 5.41) is 0. The molecular weight excluding hydrogens is 424 g/mol. The van der Waals surface area contributed by atoms with E-state index in [0.717, 1.165) is 38.5 Å². The van der Waals surface area contributed by atoms with Gasteiger partial charge in [0.05, 0.1) is 6.42 Å². The van der Waals surface area contributed by atoms with Crippen LogP contribution in [-0.4, -0.2) is 18.6 Å². The minimum atomic E-state index is -5.15. The van der Waals surface area contributed by atoms with E-state index in [1.807, 2.05) is 0 Å². The molecule has 2 nitrogen and oxygen atoms in total. The molecule has 0 saturated heterocycles. The van der Waals surface area contributed by atoms with Crippen LogP contribution in [0.15, 0.2) is 12.1 Å². The zero-order valence-corrected chi connectivity index (χ0v) is 16.4. The summed E-state index contributed by atoms with van der Waals surface area (Å²) in [5.41, 5.74) is 0. The molecule has 1 saturated carbocycles. The molecule has 0 atom stereocenters. The van der Waals surface area contributed by atoms with Crippen LogP contribution in [0.3, 0.4) is 0 Å². The average molecular weight is 448 g/mol. The molecule has 0 N–H and O–H groups in total. The summed E-state index contributed by atoms with van der Waals surface area (Å²) >= 11 is 0. The summed E-state index contributed by atoms with van der Waals surface area (Å²) in [7, 11) is 0. The van der Waals surface area contributed by atoms with Crippen molar-refractivity contribution in [1.29, 1.82) is 0 Å². The van der Waals surface area contributed by atoms with Crippen LogP contribution in [-0.2, 0) is 0 Å². The van der Waals surface area contributed by atoms with Crippen molar-refractivity contribution >= 4 is 0 Å². The molecule has 1 fully saturated rings. The summed E-state index contributed by atoms with van der Waals surface area (Å²) in [6.45, 7) is 2.10. The highest BCUT2D eigenvalue weighted by atomic mass is 19.3. The lowest BCUT2D eigenvalue weighted by atomic mass is 9.78. The molecule has 2 rings (SSSR count). The smallest absolute Gasteiger partial charge is 0.432 e. The molecule has 1 aromatic rings. The van der Waals surface area contributed by atoms with Gasteiger partial charge in [-0.2, -0.15) is 26.3 Å². The third-order valence-corrected chi connectivity index (χ3v) is 5.24. The van der Waals surface area contributed by atoms with E-state index in [4.69, 9.17) is 0 Å². The van der Waals surface area contributed by atoms with E-state index in [0.29, 0.717) is 5.92 Å². The molecule has 1 aliphatic rings. The van der Waals surface area contributed by atoms with Crippen LogP contribution < -0.4 is 9.47 Å². The number of halogens is 8. The molecule has 0 aromatic heterocycles. The molecule has 10 heteroatoms. The molecule has 0 radical (unpaired) electrons. The van der Waals surface area contributed by atoms with Crippen LogP contribution in [0.25, 0.3) is 0 Å². The van der Waals surface area contributed by atoms with E-state index < -0.39 is 48.2 Å². The Balaban J connectivity index is 1.95. The second-order valence-corrected chi connectivity index (χ2v) is 7.63. The second kappa shape index (κ2) is 10.0. The lowest BCUT2D eigenvalue weighted by molar-refractivity contribution is -0.255. The molecule has 0 heterocycles. The van der Waals surface area contributed by atoms with Crippen LogP contribution in [0, 0.1) is 23.5 Å². The fourth-order valence-corrected chi connectivity index (χ4v) is 3.69. The Morgan fingerprint density at radius 1 is 0.900 bits per heavy atom. The maximum absolute atomic E-state index is 14.1. The van der Waals surface area contributed by atoms with Gasteiger partial charge in [-0.3, -0.25) is 0 Å². The highest BCUT2D eigenvalue weighted by Crippen LogP contribution is 2.38. The van der Waals surface area contributed by atoms with E-state index in [1.54, 1.807) is 0 Å². The third-order valence-electron chi connectivity index (χ3n) is 5.24. The zero-order valence-electron chi connectivity index (χ0n) is 16.4. The van der Waals surface area contributed by atoms with E-state index in [9.17, 15) is 35.1 Å². The first-order valence-corrected chi connectivity index (χ1v) is 9.84. The fraction of sp³-hybridized carbons (Fsp3) is 0.700. The molecule has 0 aliphatic heterocycles. The monoisotopic (exact) mass is 448 g/mol. The average Bonchev–Trinajstić information content (AvgIpc) is 2.64. The lowest BCUT2D eigenvalue weighted by Crippen LogP contribution is -2.34. The minimum absolute atomic E-state index is 0.105. The predicted octanol–water partition coefficient (Wildman–Crippen LogP) is 7.56. The molecule has 0 amide bonds. The van der Waals surface area contributed by atoms with Crippen LogP contribution in [0.1, 0.15) is 58.3 Å². The van der Waals surface area contributed by atoms with Crippen molar-refractivity contribution in [2.45, 2.75) is 76.9 Å². The first-order valence-electron chi connectivity index (χ1n) is 9.84. The van der Waals surface area contributed by atoms with Crippen LogP contribution in [0.5, 0.6) is 11.5 Å². The molecule has 172 valence electrons. The number of rotatable bonds is 10. The minimum Gasteiger partial charge on any atom is -0.432 e. The topological polar surface area (TPSA) is 18.5 Å². The van der Waals surface area contributed by atoms with Crippen molar-refractivity contribution < 1.29 is 44.6 Å². The molecule has 0 unspecified atom stereocenters. The molecule has 1 aromatic carbocycles. The van der Waals surface area contributed by atoms with Crippen molar-refractivity contribution in [3.63, 3.8) is 0 Å². The standard InChI is InChI=1S/C20H24F8O2/c1-2-3-12-4-6-13(7-5-12)8-9-19(25,26)29-14-10-15(21)17(16(22)11-14)30-20(27,28)18(23)24/h10-13,18H,2-9H2,1H3. The van der Waals surface area contributed by atoms with Crippen molar-refractivity contribution in [3.8, 4) is 11.5 Å². The van der Waals surface area contributed by atoms with Crippen molar-refractivity contribution in [3.05, 3.63) is 23.8 Å². The maximum atomic E-state index is 14.1. The number of benzene rings is 1. The Morgan fingerprint density at radius 2 is 1.40 bits per heavy atom. The first-order chi connectivity index (χ1) is 13.9. The van der Waals surface area contributed by atoms with Crippen molar-refractivity contribution in [1.82, 2.24) is 0 Å². The van der Waals surface area contributed by atoms with Gasteiger partial charge in [0.1, 0.15) is 5.75 Å². The summed E-state index contributed by atoms with van der Waals surface area (Å²) in [6.07, 6.45) is -7.93. The number of hydrogen-bond donors (Lipinski definition) is 0. The van der Waals surface area contributed by atoms with Gasteiger partial charge in [0, 0.05) is 12.1 Å². The Hall–Kier alpha value is -1.74. The van der Waals surface area contributed by atoms with Gasteiger partial charge in [-0.1, -0.05) is 45.4 Å². The SMILES string of the molecule is CCCC1CCC(CCC(F)(F)Oc2cc(F)c(OC(F)(F)C(F)F)c(F)c2)CC1. The highest BCUT2D eigenvalue weighted by molar-refractivity contribution is 5.35. The second-order valence-electron chi connectivity index (χ2n) is 7.63. The van der Waals surface area contributed by atoms with Crippen LogP contribution in [0.2, 0.25) is 0 Å². The Morgan fingerprint density at radius 3 is 1.87 bits per heavy atom. The van der Waals surface area contributed by atoms with Gasteiger partial charge in [-0.15, -0.1) is 0 Å². The number of alkyl halides is 6. The molecule has 0 bridgehead atoms. The predicted molar refractivity (Wildman–Crippen MR) is 93.1 cm³/mol. The lowest BCUT2D eigenvalue weighted by Gasteiger charge is -2.29. The van der Waals surface area contributed by atoms with Gasteiger partial charge in [0.15, 0.2) is 17.4 Å². The molecule has 0 spiro atoms. The quantitative estimate of drug-likeness (QED) is 0.344. The summed E-state index contributed by atoms with van der Waals surface area (Å²) in [4.78, 5) is 0. The normalized spacial score (nSPS) is 20.5. The van der Waals surface area contributed by atoms with Gasteiger partial charge >= 0.3 is 18.6 Å². The van der Waals surface area contributed by atoms with Crippen molar-refractivity contribution in [2.24, 2.45) is 11.8 Å². The van der Waals surface area contributed by atoms with Gasteiger partial charge in [-0.25, -0.2) is 8.78 Å². The Labute approximate surface area is 169 Å². The van der Waals surface area contributed by atoms with E-state index in [-0.39, 0.29) is 24.5 Å². The van der Waals surface area contributed by atoms with Gasteiger partial charge in [-0.05, 0) is 18.3 Å². The number of ether oxygens (including phenoxy) is 2.